The van der Waals surface area contributed by atoms with Gasteiger partial charge in [-0.25, -0.2) is 0 Å². The maximum atomic E-state index is 9.92. The quantitative estimate of drug-likeness (QED) is 0.865. The number of benzene rings is 1. The van der Waals surface area contributed by atoms with Crippen molar-refractivity contribution >= 4 is 5.69 Å². The summed E-state index contributed by atoms with van der Waals surface area (Å²) in [6, 6.07) is 7.76. The molecule has 3 rings (SSSR count). The fourth-order valence-corrected chi connectivity index (χ4v) is 3.89. The van der Waals surface area contributed by atoms with Crippen LogP contribution in [0.4, 0.5) is 5.69 Å². The van der Waals surface area contributed by atoms with E-state index in [2.05, 4.69) is 36.9 Å². The lowest BCUT2D eigenvalue weighted by atomic mass is 9.95. The van der Waals surface area contributed by atoms with Gasteiger partial charge in [0.1, 0.15) is 0 Å². The van der Waals surface area contributed by atoms with Gasteiger partial charge >= 0.3 is 0 Å². The normalized spacial score (nSPS) is 30.8. The minimum absolute atomic E-state index is 0.0761. The first-order chi connectivity index (χ1) is 8.70. The van der Waals surface area contributed by atoms with E-state index < -0.39 is 0 Å². The van der Waals surface area contributed by atoms with Crippen molar-refractivity contribution in [2.75, 3.05) is 4.90 Å². The number of hydrogen-bond acceptors (Lipinski definition) is 2. The summed E-state index contributed by atoms with van der Waals surface area (Å²) in [7, 11) is 0. The van der Waals surface area contributed by atoms with Crippen LogP contribution in [0.15, 0.2) is 18.2 Å². The lowest BCUT2D eigenvalue weighted by molar-refractivity contribution is 0.126. The largest absolute Gasteiger partial charge is 0.393 e. The number of fused-ring (bicyclic) bond motifs is 2. The Balaban J connectivity index is 2.01. The molecule has 0 aliphatic carbocycles. The monoisotopic (exact) mass is 245 g/mol. The van der Waals surface area contributed by atoms with E-state index in [9.17, 15) is 5.11 Å². The van der Waals surface area contributed by atoms with E-state index in [0.717, 1.165) is 19.3 Å². The van der Waals surface area contributed by atoms with Crippen molar-refractivity contribution in [3.05, 3.63) is 29.3 Å². The number of piperidine rings is 1. The van der Waals surface area contributed by atoms with Gasteiger partial charge in [-0.05, 0) is 50.2 Å². The summed E-state index contributed by atoms with van der Waals surface area (Å²) < 4.78 is 0. The minimum atomic E-state index is -0.0761. The first kappa shape index (κ1) is 12.0. The molecule has 0 aromatic heterocycles. The molecule has 1 N–H and O–H groups in total. The molecule has 0 amide bonds. The lowest BCUT2D eigenvalue weighted by Gasteiger charge is -2.40. The number of aliphatic hydroxyl groups excluding tert-OH is 1. The molecule has 0 spiro atoms. The van der Waals surface area contributed by atoms with Gasteiger partial charge in [0.15, 0.2) is 0 Å². The van der Waals surface area contributed by atoms with Gasteiger partial charge in [0, 0.05) is 17.8 Å². The van der Waals surface area contributed by atoms with Crippen LogP contribution in [-0.2, 0) is 6.42 Å². The highest BCUT2D eigenvalue weighted by Crippen LogP contribution is 2.42. The van der Waals surface area contributed by atoms with Gasteiger partial charge in [-0.15, -0.1) is 0 Å². The van der Waals surface area contributed by atoms with E-state index in [4.69, 9.17) is 0 Å². The van der Waals surface area contributed by atoms with E-state index in [-0.39, 0.29) is 6.10 Å². The third-order valence-corrected chi connectivity index (χ3v) is 4.67. The van der Waals surface area contributed by atoms with Crippen LogP contribution in [0.2, 0.25) is 0 Å². The zero-order valence-electron chi connectivity index (χ0n) is 11.4. The highest BCUT2D eigenvalue weighted by Gasteiger charge is 2.41. The molecule has 0 saturated carbocycles. The smallest absolute Gasteiger partial charge is 0.0579 e. The Morgan fingerprint density at radius 2 is 1.89 bits per heavy atom. The molecule has 2 aliphatic heterocycles. The SMILES string of the molecule is CCc1cccc(C)c1N1C2CCC1CC(O)C2. The Kier molecular flexibility index (Phi) is 3.06. The first-order valence-corrected chi connectivity index (χ1v) is 7.25. The lowest BCUT2D eigenvalue weighted by Crippen LogP contribution is -2.45. The molecule has 2 fully saturated rings. The van der Waals surface area contributed by atoms with Crippen LogP contribution >= 0.6 is 0 Å². The summed E-state index contributed by atoms with van der Waals surface area (Å²) in [5.74, 6) is 0. The third kappa shape index (κ3) is 1.83. The summed E-state index contributed by atoms with van der Waals surface area (Å²) in [6.07, 6.45) is 5.42. The van der Waals surface area contributed by atoms with Crippen LogP contribution in [0.1, 0.15) is 43.7 Å². The predicted octanol–water partition coefficient (Wildman–Crippen LogP) is 3.05. The van der Waals surface area contributed by atoms with Crippen LogP contribution in [0.25, 0.3) is 0 Å². The van der Waals surface area contributed by atoms with Crippen LogP contribution in [0.5, 0.6) is 0 Å². The van der Waals surface area contributed by atoms with Crippen molar-refractivity contribution < 1.29 is 5.11 Å². The number of aryl methyl sites for hydroxylation is 2. The Morgan fingerprint density at radius 1 is 1.22 bits per heavy atom. The number of nitrogens with zero attached hydrogens (tertiary/aromatic N) is 1. The van der Waals surface area contributed by atoms with Crippen molar-refractivity contribution in [1.82, 2.24) is 0 Å². The molecule has 2 saturated heterocycles. The second kappa shape index (κ2) is 4.58. The summed E-state index contributed by atoms with van der Waals surface area (Å²) in [5, 5.41) is 9.92. The Hall–Kier alpha value is -1.02. The topological polar surface area (TPSA) is 23.5 Å². The average molecular weight is 245 g/mol. The molecule has 1 aromatic rings. The maximum absolute atomic E-state index is 9.92. The number of anilines is 1. The molecule has 2 atom stereocenters. The zero-order valence-corrected chi connectivity index (χ0v) is 11.4. The molecule has 2 unspecified atom stereocenters. The Morgan fingerprint density at radius 3 is 2.50 bits per heavy atom. The summed E-state index contributed by atoms with van der Waals surface area (Å²) in [4.78, 5) is 2.63. The zero-order chi connectivity index (χ0) is 12.7. The number of rotatable bonds is 2. The summed E-state index contributed by atoms with van der Waals surface area (Å²) in [6.45, 7) is 4.46. The van der Waals surface area contributed by atoms with Crippen LogP contribution < -0.4 is 4.90 Å². The maximum Gasteiger partial charge on any atom is 0.0579 e. The molecule has 2 nitrogen and oxygen atoms in total. The van der Waals surface area contributed by atoms with E-state index in [1.165, 1.54) is 29.7 Å². The molecule has 18 heavy (non-hydrogen) atoms. The van der Waals surface area contributed by atoms with Gasteiger partial charge in [-0.3, -0.25) is 0 Å². The molecule has 2 aliphatic rings. The average Bonchev–Trinajstić information content (AvgIpc) is 2.61. The molecular weight excluding hydrogens is 222 g/mol. The van der Waals surface area contributed by atoms with Crippen molar-refractivity contribution in [3.8, 4) is 0 Å². The molecule has 2 bridgehead atoms. The van der Waals surface area contributed by atoms with Gasteiger partial charge < -0.3 is 10.0 Å². The van der Waals surface area contributed by atoms with Gasteiger partial charge in [0.05, 0.1) is 6.10 Å². The van der Waals surface area contributed by atoms with Gasteiger partial charge in [0.25, 0.3) is 0 Å². The third-order valence-electron chi connectivity index (χ3n) is 4.67. The van der Waals surface area contributed by atoms with Crippen molar-refractivity contribution in [3.63, 3.8) is 0 Å². The van der Waals surface area contributed by atoms with E-state index in [0.29, 0.717) is 12.1 Å². The van der Waals surface area contributed by atoms with Crippen LogP contribution in [-0.4, -0.2) is 23.3 Å². The second-order valence-electron chi connectivity index (χ2n) is 5.85. The molecule has 2 heteroatoms. The standard InChI is InChI=1S/C16H23NO/c1-3-12-6-4-5-11(2)16(12)17-13-7-8-14(17)10-15(18)9-13/h4-6,13-15,18H,3,7-10H2,1-2H3. The van der Waals surface area contributed by atoms with Gasteiger partial charge in [-0.2, -0.15) is 0 Å². The van der Waals surface area contributed by atoms with Crippen molar-refractivity contribution in [2.45, 2.75) is 64.1 Å². The fraction of sp³-hybridized carbons (Fsp3) is 0.625. The minimum Gasteiger partial charge on any atom is -0.393 e. The van der Waals surface area contributed by atoms with E-state index >= 15 is 0 Å². The molecule has 2 heterocycles. The number of para-hydroxylation sites is 1. The summed E-state index contributed by atoms with van der Waals surface area (Å²) >= 11 is 0. The highest BCUT2D eigenvalue weighted by atomic mass is 16.3. The molecule has 98 valence electrons. The number of aliphatic hydroxyl groups is 1. The van der Waals surface area contributed by atoms with E-state index in [1.807, 2.05) is 0 Å². The Bertz CT molecular complexity index is 429. The molecule has 0 radical (unpaired) electrons. The van der Waals surface area contributed by atoms with Crippen LogP contribution in [0.3, 0.4) is 0 Å². The molecular formula is C16H23NO. The van der Waals surface area contributed by atoms with Crippen LogP contribution in [0, 0.1) is 6.92 Å². The van der Waals surface area contributed by atoms with Gasteiger partial charge in [-0.1, -0.05) is 25.1 Å². The van der Waals surface area contributed by atoms with E-state index in [1.54, 1.807) is 0 Å². The fourth-order valence-electron chi connectivity index (χ4n) is 3.89. The first-order valence-electron chi connectivity index (χ1n) is 7.25. The van der Waals surface area contributed by atoms with Crippen molar-refractivity contribution in [2.24, 2.45) is 0 Å². The predicted molar refractivity (Wildman–Crippen MR) is 75.1 cm³/mol. The highest BCUT2D eigenvalue weighted by molar-refractivity contribution is 5.62. The number of hydrogen-bond donors (Lipinski definition) is 1. The van der Waals surface area contributed by atoms with Crippen molar-refractivity contribution in [1.29, 1.82) is 0 Å². The molecule has 1 aromatic carbocycles. The second-order valence-corrected chi connectivity index (χ2v) is 5.85. The summed E-state index contributed by atoms with van der Waals surface area (Å²) in [5.41, 5.74) is 4.31. The van der Waals surface area contributed by atoms with Gasteiger partial charge in [0.2, 0.25) is 0 Å². The Labute approximate surface area is 110 Å².